The second-order valence-corrected chi connectivity index (χ2v) is 4.65. The van der Waals surface area contributed by atoms with E-state index in [0.29, 0.717) is 5.41 Å². The van der Waals surface area contributed by atoms with Crippen LogP contribution in [0.15, 0.2) is 6.07 Å². The number of hydrogen-bond donors (Lipinski definition) is 1. The van der Waals surface area contributed by atoms with Gasteiger partial charge in [-0.3, -0.25) is 0 Å². The smallest absolute Gasteiger partial charge is 0.129 e. The van der Waals surface area contributed by atoms with E-state index in [-0.39, 0.29) is 0 Å². The van der Waals surface area contributed by atoms with E-state index in [4.69, 9.17) is 0 Å². The average molecular weight is 205 g/mol. The summed E-state index contributed by atoms with van der Waals surface area (Å²) in [6.07, 6.45) is 3.99. The number of rotatable bonds is 4. The Bertz CT molecular complexity index is 336. The van der Waals surface area contributed by atoms with Crippen LogP contribution >= 0.6 is 0 Å². The predicted molar refractivity (Wildman–Crippen MR) is 62.0 cm³/mol. The summed E-state index contributed by atoms with van der Waals surface area (Å²) in [6, 6.07) is 2.01. The first-order valence-corrected chi connectivity index (χ1v) is 5.70. The van der Waals surface area contributed by atoms with Gasteiger partial charge >= 0.3 is 0 Å². The molecule has 0 aromatic carbocycles. The summed E-state index contributed by atoms with van der Waals surface area (Å²) >= 11 is 0. The molecule has 1 aromatic heterocycles. The first-order valence-electron chi connectivity index (χ1n) is 5.70. The third kappa shape index (κ3) is 2.46. The van der Waals surface area contributed by atoms with Gasteiger partial charge in [-0.05, 0) is 38.5 Å². The van der Waals surface area contributed by atoms with Gasteiger partial charge in [0.05, 0.1) is 0 Å². The number of nitrogens with zero attached hydrogens (tertiary/aromatic N) is 2. The Morgan fingerprint density at radius 1 is 1.33 bits per heavy atom. The highest BCUT2D eigenvalue weighted by molar-refractivity contribution is 5.36. The third-order valence-corrected chi connectivity index (χ3v) is 3.32. The highest BCUT2D eigenvalue weighted by Gasteiger charge is 2.40. The lowest BCUT2D eigenvalue weighted by molar-refractivity contribution is 0.520. The number of aryl methyl sites for hydroxylation is 2. The molecule has 0 radical (unpaired) electrons. The molecular weight excluding hydrogens is 186 g/mol. The van der Waals surface area contributed by atoms with Crippen LogP contribution in [0.5, 0.6) is 0 Å². The normalized spacial score (nSPS) is 17.5. The van der Waals surface area contributed by atoms with Gasteiger partial charge in [-0.1, -0.05) is 6.92 Å². The Morgan fingerprint density at radius 2 is 2.07 bits per heavy atom. The largest absolute Gasteiger partial charge is 0.369 e. The summed E-state index contributed by atoms with van der Waals surface area (Å²) in [5, 5.41) is 3.43. The van der Waals surface area contributed by atoms with Gasteiger partial charge in [0, 0.05) is 18.3 Å². The molecule has 0 atom stereocenters. The minimum atomic E-state index is 0.562. The van der Waals surface area contributed by atoms with E-state index in [1.165, 1.54) is 19.3 Å². The molecule has 1 heterocycles. The van der Waals surface area contributed by atoms with E-state index in [1.807, 2.05) is 19.9 Å². The standard InChI is InChI=1S/C12H19N3/c1-4-12(5-6-12)8-13-11-7-9(2)14-10(3)15-11/h7H,4-6,8H2,1-3H3,(H,13,14,15). The summed E-state index contributed by atoms with van der Waals surface area (Å²) in [5.74, 6) is 1.82. The molecule has 0 saturated heterocycles. The zero-order valence-electron chi connectivity index (χ0n) is 9.80. The number of nitrogens with one attached hydrogen (secondary N) is 1. The second kappa shape index (κ2) is 3.80. The van der Waals surface area contributed by atoms with E-state index < -0.39 is 0 Å². The molecule has 0 unspecified atom stereocenters. The predicted octanol–water partition coefficient (Wildman–Crippen LogP) is 2.70. The van der Waals surface area contributed by atoms with Crippen molar-refractivity contribution in [3.05, 3.63) is 17.6 Å². The van der Waals surface area contributed by atoms with E-state index in [0.717, 1.165) is 23.9 Å². The molecule has 2 rings (SSSR count). The zero-order valence-corrected chi connectivity index (χ0v) is 9.80. The van der Waals surface area contributed by atoms with Crippen LogP contribution in [-0.2, 0) is 0 Å². The Kier molecular flexibility index (Phi) is 2.63. The molecule has 1 aliphatic rings. The maximum Gasteiger partial charge on any atom is 0.129 e. The summed E-state index contributed by atoms with van der Waals surface area (Å²) < 4.78 is 0. The van der Waals surface area contributed by atoms with E-state index >= 15 is 0 Å². The molecule has 1 aliphatic carbocycles. The molecule has 1 saturated carbocycles. The Labute approximate surface area is 91.3 Å². The molecule has 3 nitrogen and oxygen atoms in total. The summed E-state index contributed by atoms with van der Waals surface area (Å²) in [5.41, 5.74) is 1.60. The minimum Gasteiger partial charge on any atom is -0.369 e. The molecule has 15 heavy (non-hydrogen) atoms. The molecule has 0 bridgehead atoms. The lowest BCUT2D eigenvalue weighted by Crippen LogP contribution is -2.15. The van der Waals surface area contributed by atoms with Crippen molar-refractivity contribution in [3.63, 3.8) is 0 Å². The minimum absolute atomic E-state index is 0.562. The van der Waals surface area contributed by atoms with Crippen LogP contribution in [0.3, 0.4) is 0 Å². The van der Waals surface area contributed by atoms with Crippen LogP contribution in [0.2, 0.25) is 0 Å². The van der Waals surface area contributed by atoms with Gasteiger partial charge in [0.2, 0.25) is 0 Å². The molecule has 0 spiro atoms. The topological polar surface area (TPSA) is 37.8 Å². The van der Waals surface area contributed by atoms with Crippen LogP contribution in [0.4, 0.5) is 5.82 Å². The van der Waals surface area contributed by atoms with Crippen molar-refractivity contribution in [1.29, 1.82) is 0 Å². The van der Waals surface area contributed by atoms with Gasteiger partial charge in [0.1, 0.15) is 11.6 Å². The van der Waals surface area contributed by atoms with E-state index in [9.17, 15) is 0 Å². The van der Waals surface area contributed by atoms with Crippen molar-refractivity contribution in [3.8, 4) is 0 Å². The fourth-order valence-electron chi connectivity index (χ4n) is 1.92. The number of aromatic nitrogens is 2. The van der Waals surface area contributed by atoms with Gasteiger partial charge in [-0.25, -0.2) is 9.97 Å². The average Bonchev–Trinajstić information content (AvgIpc) is 2.94. The molecule has 0 aliphatic heterocycles. The molecule has 1 fully saturated rings. The van der Waals surface area contributed by atoms with Crippen molar-refractivity contribution in [2.45, 2.75) is 40.0 Å². The SMILES string of the molecule is CCC1(CNc2cc(C)nc(C)n2)CC1. The Hall–Kier alpha value is -1.12. The Balaban J connectivity index is 1.99. The van der Waals surface area contributed by atoms with Gasteiger partial charge in [-0.2, -0.15) is 0 Å². The van der Waals surface area contributed by atoms with Gasteiger partial charge in [-0.15, -0.1) is 0 Å². The monoisotopic (exact) mass is 205 g/mol. The second-order valence-electron chi connectivity index (χ2n) is 4.65. The summed E-state index contributed by atoms with van der Waals surface area (Å²) in [4.78, 5) is 8.64. The van der Waals surface area contributed by atoms with Crippen LogP contribution in [0.25, 0.3) is 0 Å². The fraction of sp³-hybridized carbons (Fsp3) is 0.667. The van der Waals surface area contributed by atoms with Crippen molar-refractivity contribution in [2.24, 2.45) is 5.41 Å². The molecule has 1 aromatic rings. The summed E-state index contributed by atoms with van der Waals surface area (Å²) in [6.45, 7) is 7.27. The van der Waals surface area contributed by atoms with Gasteiger partial charge < -0.3 is 5.32 Å². The van der Waals surface area contributed by atoms with Crippen LogP contribution < -0.4 is 5.32 Å². The molecule has 82 valence electrons. The van der Waals surface area contributed by atoms with Gasteiger partial charge in [0.15, 0.2) is 0 Å². The molecule has 1 N–H and O–H groups in total. The number of anilines is 1. The molecule has 3 heteroatoms. The lowest BCUT2D eigenvalue weighted by atomic mass is 10.0. The maximum atomic E-state index is 4.38. The van der Waals surface area contributed by atoms with E-state index in [1.54, 1.807) is 0 Å². The zero-order chi connectivity index (χ0) is 10.9. The number of hydrogen-bond acceptors (Lipinski definition) is 3. The highest BCUT2D eigenvalue weighted by Crippen LogP contribution is 2.48. The van der Waals surface area contributed by atoms with Crippen molar-refractivity contribution in [1.82, 2.24) is 9.97 Å². The maximum absolute atomic E-state index is 4.38. The Morgan fingerprint density at radius 3 is 2.60 bits per heavy atom. The molecule has 0 amide bonds. The summed E-state index contributed by atoms with van der Waals surface area (Å²) in [7, 11) is 0. The quantitative estimate of drug-likeness (QED) is 0.821. The van der Waals surface area contributed by atoms with Crippen molar-refractivity contribution >= 4 is 5.82 Å². The van der Waals surface area contributed by atoms with Crippen LogP contribution in [0, 0.1) is 19.3 Å². The van der Waals surface area contributed by atoms with E-state index in [2.05, 4.69) is 22.2 Å². The highest BCUT2D eigenvalue weighted by atomic mass is 15.0. The lowest BCUT2D eigenvalue weighted by Gasteiger charge is -2.14. The van der Waals surface area contributed by atoms with Crippen LogP contribution in [-0.4, -0.2) is 16.5 Å². The van der Waals surface area contributed by atoms with Crippen molar-refractivity contribution < 1.29 is 0 Å². The molecular formula is C12H19N3. The fourth-order valence-corrected chi connectivity index (χ4v) is 1.92. The first kappa shape index (κ1) is 10.4. The first-order chi connectivity index (χ1) is 7.13. The third-order valence-electron chi connectivity index (χ3n) is 3.32. The van der Waals surface area contributed by atoms with Crippen molar-refractivity contribution in [2.75, 3.05) is 11.9 Å². The van der Waals surface area contributed by atoms with Crippen LogP contribution in [0.1, 0.15) is 37.7 Å². The van der Waals surface area contributed by atoms with Gasteiger partial charge in [0.25, 0.3) is 0 Å².